The Kier molecular flexibility index (Phi) is 5.52. The molecule has 3 heteroatoms. The lowest BCUT2D eigenvalue weighted by Crippen LogP contribution is -1.95. The van der Waals surface area contributed by atoms with Gasteiger partial charge in [0.25, 0.3) is 0 Å². The number of aliphatic hydroxyl groups excluding tert-OH is 1. The van der Waals surface area contributed by atoms with Crippen LogP contribution in [0.3, 0.4) is 0 Å². The Hall–Kier alpha value is -3.61. The van der Waals surface area contributed by atoms with E-state index in [9.17, 15) is 9.90 Å². The number of benzene rings is 3. The van der Waals surface area contributed by atoms with Gasteiger partial charge < -0.3 is 10.2 Å². The summed E-state index contributed by atoms with van der Waals surface area (Å²) in [7, 11) is 0. The highest BCUT2D eigenvalue weighted by molar-refractivity contribution is 5.88. The zero-order valence-electron chi connectivity index (χ0n) is 16.8. The van der Waals surface area contributed by atoms with E-state index in [1.54, 1.807) is 24.3 Å². The number of carboxylic acids is 1. The molecule has 0 radical (unpaired) electrons. The van der Waals surface area contributed by atoms with Gasteiger partial charge in [-0.2, -0.15) is 0 Å². The fourth-order valence-corrected chi connectivity index (χ4v) is 3.94. The number of fused-ring (bicyclic) bond motifs is 1. The summed E-state index contributed by atoms with van der Waals surface area (Å²) >= 11 is 0. The van der Waals surface area contributed by atoms with Crippen LogP contribution in [0, 0.1) is 18.8 Å². The van der Waals surface area contributed by atoms with E-state index in [-0.39, 0.29) is 12.2 Å². The van der Waals surface area contributed by atoms with Gasteiger partial charge in [-0.15, -0.1) is 0 Å². The molecule has 148 valence electrons. The highest BCUT2D eigenvalue weighted by Crippen LogP contribution is 2.36. The number of hydrogen-bond acceptors (Lipinski definition) is 2. The molecule has 0 heterocycles. The molecule has 4 rings (SSSR count). The zero-order chi connectivity index (χ0) is 21.1. The number of carbonyl (C=O) groups is 1. The van der Waals surface area contributed by atoms with Gasteiger partial charge in [0.1, 0.15) is 0 Å². The van der Waals surface area contributed by atoms with E-state index in [0.717, 1.165) is 40.7 Å². The van der Waals surface area contributed by atoms with Crippen LogP contribution in [0.1, 0.15) is 55.7 Å². The average molecular weight is 394 g/mol. The van der Waals surface area contributed by atoms with Crippen molar-refractivity contribution in [2.45, 2.75) is 26.4 Å². The molecule has 2 N–H and O–H groups in total. The molecule has 0 saturated heterocycles. The Morgan fingerprint density at radius 2 is 1.83 bits per heavy atom. The number of aliphatic hydroxyl groups is 1. The van der Waals surface area contributed by atoms with Gasteiger partial charge in [-0.25, -0.2) is 4.79 Å². The largest absolute Gasteiger partial charge is 0.478 e. The summed E-state index contributed by atoms with van der Waals surface area (Å²) in [5, 5.41) is 18.5. The van der Waals surface area contributed by atoms with Crippen molar-refractivity contribution >= 4 is 17.6 Å². The van der Waals surface area contributed by atoms with Crippen LogP contribution in [-0.2, 0) is 13.0 Å². The van der Waals surface area contributed by atoms with E-state index in [4.69, 9.17) is 5.11 Å². The summed E-state index contributed by atoms with van der Waals surface area (Å²) < 4.78 is 0. The highest BCUT2D eigenvalue weighted by Gasteiger charge is 2.19. The van der Waals surface area contributed by atoms with Crippen molar-refractivity contribution in [3.8, 4) is 11.8 Å². The lowest BCUT2D eigenvalue weighted by molar-refractivity contribution is 0.0697. The number of rotatable bonds is 3. The zero-order valence-corrected chi connectivity index (χ0v) is 16.8. The summed E-state index contributed by atoms with van der Waals surface area (Å²) in [5.41, 5.74) is 8.90. The minimum atomic E-state index is -0.939. The number of allylic oxidation sites excluding steroid dienone is 1. The minimum Gasteiger partial charge on any atom is -0.478 e. The van der Waals surface area contributed by atoms with Crippen molar-refractivity contribution in [3.63, 3.8) is 0 Å². The Balaban J connectivity index is 1.70. The third-order valence-corrected chi connectivity index (χ3v) is 5.29. The molecule has 0 atom stereocenters. The quantitative estimate of drug-likeness (QED) is 0.610. The van der Waals surface area contributed by atoms with Gasteiger partial charge in [0.2, 0.25) is 0 Å². The normalized spacial score (nSPS) is 13.6. The van der Waals surface area contributed by atoms with Gasteiger partial charge in [-0.3, -0.25) is 0 Å². The maximum Gasteiger partial charge on any atom is 0.335 e. The van der Waals surface area contributed by atoms with Crippen molar-refractivity contribution < 1.29 is 15.0 Å². The van der Waals surface area contributed by atoms with Gasteiger partial charge in [0.15, 0.2) is 0 Å². The Bertz CT molecular complexity index is 1210. The van der Waals surface area contributed by atoms with Crippen LogP contribution in [0.15, 0.2) is 60.7 Å². The smallest absolute Gasteiger partial charge is 0.335 e. The second-order valence-corrected chi connectivity index (χ2v) is 7.55. The Morgan fingerprint density at radius 3 is 2.57 bits per heavy atom. The molecule has 0 fully saturated rings. The van der Waals surface area contributed by atoms with Gasteiger partial charge in [-0.1, -0.05) is 47.7 Å². The topological polar surface area (TPSA) is 57.5 Å². The molecular formula is C27H22O3. The summed E-state index contributed by atoms with van der Waals surface area (Å²) in [5.74, 6) is 5.51. The standard InChI is InChI=1S/C27H22O3/c1-18-13-20(15-21(14-18)17-28)16-25-12-11-23-4-2-3-22(26(23)25)8-5-19-6-9-24(10-7-19)27(29)30/h2-4,6-7,9-10,13-16,28H,11-12,17H2,1H3,(H,29,30)/b25-16+. The molecule has 1 aliphatic rings. The summed E-state index contributed by atoms with van der Waals surface area (Å²) in [6, 6.07) is 19.0. The number of carboxylic acid groups (broad SMARTS) is 1. The molecule has 0 aliphatic heterocycles. The first-order valence-electron chi connectivity index (χ1n) is 9.93. The van der Waals surface area contributed by atoms with Crippen LogP contribution in [0.4, 0.5) is 0 Å². The maximum atomic E-state index is 11.0. The first-order chi connectivity index (χ1) is 14.5. The maximum absolute atomic E-state index is 11.0. The molecule has 3 aromatic carbocycles. The first-order valence-corrected chi connectivity index (χ1v) is 9.93. The summed E-state index contributed by atoms with van der Waals surface area (Å²) in [6.45, 7) is 2.07. The second-order valence-electron chi connectivity index (χ2n) is 7.55. The predicted molar refractivity (Wildman–Crippen MR) is 119 cm³/mol. The van der Waals surface area contributed by atoms with Crippen molar-refractivity contribution in [3.05, 3.63) is 105 Å². The van der Waals surface area contributed by atoms with Crippen molar-refractivity contribution in [1.29, 1.82) is 0 Å². The monoisotopic (exact) mass is 394 g/mol. The molecule has 0 bridgehead atoms. The van der Waals surface area contributed by atoms with Crippen LogP contribution in [0.2, 0.25) is 0 Å². The number of aryl methyl sites for hydroxylation is 2. The Morgan fingerprint density at radius 1 is 1.03 bits per heavy atom. The third-order valence-electron chi connectivity index (χ3n) is 5.29. The van der Waals surface area contributed by atoms with Crippen LogP contribution >= 0.6 is 0 Å². The van der Waals surface area contributed by atoms with Crippen molar-refractivity contribution in [1.82, 2.24) is 0 Å². The van der Waals surface area contributed by atoms with Gasteiger partial charge >= 0.3 is 5.97 Å². The fourth-order valence-electron chi connectivity index (χ4n) is 3.94. The molecule has 3 nitrogen and oxygen atoms in total. The van der Waals surface area contributed by atoms with Crippen molar-refractivity contribution in [2.75, 3.05) is 0 Å². The van der Waals surface area contributed by atoms with E-state index >= 15 is 0 Å². The van der Waals surface area contributed by atoms with E-state index < -0.39 is 5.97 Å². The molecule has 0 aromatic heterocycles. The van der Waals surface area contributed by atoms with Crippen LogP contribution in [0.25, 0.3) is 11.6 Å². The Labute approximate surface area is 176 Å². The van der Waals surface area contributed by atoms with Gasteiger partial charge in [0, 0.05) is 11.1 Å². The molecule has 0 amide bonds. The molecule has 30 heavy (non-hydrogen) atoms. The van der Waals surface area contributed by atoms with E-state index in [1.165, 1.54) is 16.7 Å². The van der Waals surface area contributed by atoms with E-state index in [1.807, 2.05) is 31.2 Å². The molecule has 3 aromatic rings. The lowest BCUT2D eigenvalue weighted by Gasteiger charge is -2.07. The van der Waals surface area contributed by atoms with Crippen LogP contribution in [-0.4, -0.2) is 16.2 Å². The average Bonchev–Trinajstić information content (AvgIpc) is 3.15. The van der Waals surface area contributed by atoms with Gasteiger partial charge in [-0.05, 0) is 84.0 Å². The fraction of sp³-hybridized carbons (Fsp3) is 0.148. The van der Waals surface area contributed by atoms with Gasteiger partial charge in [0.05, 0.1) is 12.2 Å². The SMILES string of the molecule is Cc1cc(/C=C2\CCc3cccc(C#Cc4ccc(C(=O)O)cc4)c32)cc(CO)c1. The first kappa shape index (κ1) is 19.7. The number of hydrogen-bond donors (Lipinski definition) is 2. The number of aromatic carboxylic acids is 1. The predicted octanol–water partition coefficient (Wildman–Crippen LogP) is 5.07. The van der Waals surface area contributed by atoms with E-state index in [0.29, 0.717) is 0 Å². The third kappa shape index (κ3) is 4.20. The second kappa shape index (κ2) is 8.41. The molecule has 0 saturated carbocycles. The highest BCUT2D eigenvalue weighted by atomic mass is 16.4. The molecular weight excluding hydrogens is 372 g/mol. The molecule has 1 aliphatic carbocycles. The van der Waals surface area contributed by atoms with Crippen LogP contribution in [0.5, 0.6) is 0 Å². The summed E-state index contributed by atoms with van der Waals surface area (Å²) in [6.07, 6.45) is 4.15. The van der Waals surface area contributed by atoms with Crippen molar-refractivity contribution in [2.24, 2.45) is 0 Å². The molecule has 0 spiro atoms. The van der Waals surface area contributed by atoms with Crippen LogP contribution < -0.4 is 0 Å². The summed E-state index contributed by atoms with van der Waals surface area (Å²) in [4.78, 5) is 11.0. The van der Waals surface area contributed by atoms with E-state index in [2.05, 4.69) is 30.0 Å². The minimum absolute atomic E-state index is 0.0336. The molecule has 0 unspecified atom stereocenters. The lowest BCUT2D eigenvalue weighted by atomic mass is 9.97.